The summed E-state index contributed by atoms with van der Waals surface area (Å²) in [4.78, 5) is 14.9. The van der Waals surface area contributed by atoms with Crippen molar-refractivity contribution in [3.8, 4) is 0 Å². The quantitative estimate of drug-likeness (QED) is 0.662. The molecule has 0 aliphatic rings. The largest absolute Gasteiger partial charge is 0.438 e. The Bertz CT molecular complexity index is 1030. The number of carbonyl (C=O) groups is 1. The average Bonchev–Trinajstić information content (AvgIpc) is 2.68. The Morgan fingerprint density at radius 1 is 1.11 bits per heavy atom. The van der Waals surface area contributed by atoms with Crippen LogP contribution < -0.4 is 15.8 Å². The van der Waals surface area contributed by atoms with E-state index in [1.807, 2.05) is 56.3 Å². The SMILES string of the molecule is CCN(CC)c1ccc2cc(C(=O)N[C@@H](C)c3ccc(C)cc3)c(=N)oc2c1. The number of hydrogen-bond donors (Lipinski definition) is 2. The molecule has 0 saturated carbocycles. The van der Waals surface area contributed by atoms with Crippen LogP contribution in [0.15, 0.2) is 52.9 Å². The molecule has 0 saturated heterocycles. The molecule has 1 aromatic heterocycles. The van der Waals surface area contributed by atoms with Gasteiger partial charge in [0.15, 0.2) is 0 Å². The summed E-state index contributed by atoms with van der Waals surface area (Å²) >= 11 is 0. The van der Waals surface area contributed by atoms with Gasteiger partial charge in [-0.3, -0.25) is 10.2 Å². The zero-order chi connectivity index (χ0) is 20.3. The van der Waals surface area contributed by atoms with Crippen LogP contribution in [0.1, 0.15) is 48.3 Å². The van der Waals surface area contributed by atoms with Gasteiger partial charge in [0.05, 0.1) is 6.04 Å². The number of anilines is 1. The maximum Gasteiger partial charge on any atom is 0.257 e. The van der Waals surface area contributed by atoms with Gasteiger partial charge in [0.25, 0.3) is 5.91 Å². The smallest absolute Gasteiger partial charge is 0.257 e. The second-order valence-corrected chi connectivity index (χ2v) is 6.99. The fraction of sp³-hybridized carbons (Fsp3) is 0.304. The second-order valence-electron chi connectivity index (χ2n) is 6.99. The zero-order valence-electron chi connectivity index (χ0n) is 16.9. The number of nitrogens with zero attached hydrogens (tertiary/aromatic N) is 1. The Kier molecular flexibility index (Phi) is 5.83. The fourth-order valence-electron chi connectivity index (χ4n) is 3.28. The lowest BCUT2D eigenvalue weighted by Crippen LogP contribution is -2.30. The third-order valence-corrected chi connectivity index (χ3v) is 5.05. The van der Waals surface area contributed by atoms with Crippen LogP contribution in [0.2, 0.25) is 0 Å². The molecule has 0 aliphatic carbocycles. The lowest BCUT2D eigenvalue weighted by Gasteiger charge is -2.21. The molecule has 3 rings (SSSR count). The fourth-order valence-corrected chi connectivity index (χ4v) is 3.28. The van der Waals surface area contributed by atoms with E-state index in [9.17, 15) is 4.79 Å². The van der Waals surface area contributed by atoms with E-state index in [1.165, 1.54) is 5.56 Å². The van der Waals surface area contributed by atoms with Crippen molar-refractivity contribution in [2.75, 3.05) is 18.0 Å². The number of amides is 1. The Labute approximate surface area is 165 Å². The molecule has 2 N–H and O–H groups in total. The zero-order valence-corrected chi connectivity index (χ0v) is 16.9. The van der Waals surface area contributed by atoms with Gasteiger partial charge in [-0.2, -0.15) is 0 Å². The first kappa shape index (κ1) is 19.7. The van der Waals surface area contributed by atoms with Gasteiger partial charge in [0.2, 0.25) is 5.55 Å². The van der Waals surface area contributed by atoms with E-state index in [4.69, 9.17) is 9.83 Å². The molecule has 3 aromatic rings. The van der Waals surface area contributed by atoms with E-state index in [-0.39, 0.29) is 23.1 Å². The van der Waals surface area contributed by atoms with Gasteiger partial charge in [-0.1, -0.05) is 29.8 Å². The molecule has 0 fully saturated rings. The van der Waals surface area contributed by atoms with Gasteiger partial charge in [-0.25, -0.2) is 0 Å². The third-order valence-electron chi connectivity index (χ3n) is 5.05. The highest BCUT2D eigenvalue weighted by Crippen LogP contribution is 2.22. The van der Waals surface area contributed by atoms with E-state index in [0.29, 0.717) is 5.58 Å². The van der Waals surface area contributed by atoms with Gasteiger partial charge in [-0.15, -0.1) is 0 Å². The molecule has 5 heteroatoms. The normalized spacial score (nSPS) is 12.0. The highest BCUT2D eigenvalue weighted by atomic mass is 16.3. The molecule has 146 valence electrons. The van der Waals surface area contributed by atoms with Gasteiger partial charge in [0, 0.05) is 30.2 Å². The van der Waals surface area contributed by atoms with Gasteiger partial charge < -0.3 is 14.6 Å². The summed E-state index contributed by atoms with van der Waals surface area (Å²) in [7, 11) is 0. The first-order valence-corrected chi connectivity index (χ1v) is 9.67. The number of nitrogens with one attached hydrogen (secondary N) is 2. The summed E-state index contributed by atoms with van der Waals surface area (Å²) in [6.45, 7) is 9.95. The van der Waals surface area contributed by atoms with Gasteiger partial charge in [0.1, 0.15) is 11.1 Å². The van der Waals surface area contributed by atoms with Gasteiger partial charge >= 0.3 is 0 Å². The third kappa shape index (κ3) is 4.09. The minimum atomic E-state index is -0.309. The molecule has 2 aromatic carbocycles. The van der Waals surface area contributed by atoms with Crippen molar-refractivity contribution >= 4 is 22.6 Å². The van der Waals surface area contributed by atoms with Crippen LogP contribution in [0.3, 0.4) is 0 Å². The van der Waals surface area contributed by atoms with E-state index >= 15 is 0 Å². The van der Waals surface area contributed by atoms with E-state index in [2.05, 4.69) is 24.1 Å². The minimum Gasteiger partial charge on any atom is -0.438 e. The van der Waals surface area contributed by atoms with Crippen LogP contribution in [0.4, 0.5) is 5.69 Å². The van der Waals surface area contributed by atoms with Crippen molar-refractivity contribution < 1.29 is 9.21 Å². The molecule has 5 nitrogen and oxygen atoms in total. The molecule has 1 heterocycles. The number of rotatable bonds is 6. The summed E-state index contributed by atoms with van der Waals surface area (Å²) in [6, 6.07) is 15.5. The van der Waals surface area contributed by atoms with Crippen LogP contribution in [-0.2, 0) is 0 Å². The summed E-state index contributed by atoms with van der Waals surface area (Å²) in [6.07, 6.45) is 0. The highest BCUT2D eigenvalue weighted by Gasteiger charge is 2.16. The van der Waals surface area contributed by atoms with E-state index in [1.54, 1.807) is 6.07 Å². The van der Waals surface area contributed by atoms with Crippen LogP contribution in [0, 0.1) is 12.3 Å². The van der Waals surface area contributed by atoms with Crippen molar-refractivity contribution in [2.45, 2.75) is 33.7 Å². The molecule has 0 spiro atoms. The topological polar surface area (TPSA) is 69.3 Å². The molecular formula is C23H27N3O2. The predicted octanol–water partition coefficient (Wildman–Crippen LogP) is 4.56. The van der Waals surface area contributed by atoms with E-state index < -0.39 is 0 Å². The summed E-state index contributed by atoms with van der Waals surface area (Å²) < 4.78 is 5.68. The number of carbonyl (C=O) groups excluding carboxylic acids is 1. The minimum absolute atomic E-state index is 0.127. The summed E-state index contributed by atoms with van der Waals surface area (Å²) in [5, 5.41) is 12.0. The van der Waals surface area contributed by atoms with Crippen molar-refractivity contribution in [3.05, 3.63) is 70.8 Å². The van der Waals surface area contributed by atoms with E-state index in [0.717, 1.165) is 29.7 Å². The number of aryl methyl sites for hydroxylation is 1. The van der Waals surface area contributed by atoms with Crippen molar-refractivity contribution in [1.82, 2.24) is 5.32 Å². The lowest BCUT2D eigenvalue weighted by molar-refractivity contribution is 0.0935. The van der Waals surface area contributed by atoms with Crippen LogP contribution in [0.25, 0.3) is 11.0 Å². The molecule has 1 atom stereocenters. The first-order chi connectivity index (χ1) is 13.4. The number of benzene rings is 2. The molecule has 0 bridgehead atoms. The second kappa shape index (κ2) is 8.30. The monoisotopic (exact) mass is 377 g/mol. The molecule has 0 unspecified atom stereocenters. The van der Waals surface area contributed by atoms with Crippen molar-refractivity contribution in [2.24, 2.45) is 0 Å². The first-order valence-electron chi connectivity index (χ1n) is 9.67. The molecule has 0 aliphatic heterocycles. The molecule has 0 radical (unpaired) electrons. The molecular weight excluding hydrogens is 350 g/mol. The summed E-state index contributed by atoms with van der Waals surface area (Å²) in [5.41, 5.74) is 3.96. The molecule has 28 heavy (non-hydrogen) atoms. The maximum absolute atomic E-state index is 12.7. The predicted molar refractivity (Wildman–Crippen MR) is 113 cm³/mol. The standard InChI is InChI=1S/C23H27N3O2/c1-5-26(6-2)19-12-11-18-13-20(22(24)28-21(18)14-19)23(27)25-16(4)17-9-7-15(3)8-10-17/h7-14,16,24H,5-6H2,1-4H3,(H,25,27)/t16-/m0/s1. The Morgan fingerprint density at radius 3 is 2.43 bits per heavy atom. The Hall–Kier alpha value is -3.08. The highest BCUT2D eigenvalue weighted by molar-refractivity contribution is 5.97. The van der Waals surface area contributed by atoms with Crippen LogP contribution in [0.5, 0.6) is 0 Å². The number of fused-ring (bicyclic) bond motifs is 1. The van der Waals surface area contributed by atoms with Crippen LogP contribution in [-0.4, -0.2) is 19.0 Å². The molecule has 1 amide bonds. The summed E-state index contributed by atoms with van der Waals surface area (Å²) in [5.74, 6) is -0.309. The maximum atomic E-state index is 12.7. The van der Waals surface area contributed by atoms with Crippen LogP contribution >= 0.6 is 0 Å². The van der Waals surface area contributed by atoms with Gasteiger partial charge in [-0.05, 0) is 51.5 Å². The van der Waals surface area contributed by atoms with Crippen molar-refractivity contribution in [3.63, 3.8) is 0 Å². The number of hydrogen-bond acceptors (Lipinski definition) is 4. The van der Waals surface area contributed by atoms with Crippen molar-refractivity contribution in [1.29, 1.82) is 5.41 Å². The Morgan fingerprint density at radius 2 is 1.79 bits per heavy atom. The lowest BCUT2D eigenvalue weighted by atomic mass is 10.1. The Balaban J connectivity index is 1.87. The average molecular weight is 377 g/mol.